The smallest absolute Gasteiger partial charge is 0.240 e. The minimum absolute atomic E-state index is 0.0231. The Hall–Kier alpha value is -1.64. The monoisotopic (exact) mass is 241 g/mol. The van der Waals surface area contributed by atoms with E-state index in [4.69, 9.17) is 0 Å². The van der Waals surface area contributed by atoms with E-state index in [1.54, 1.807) is 7.05 Å². The number of likely N-dealkylation sites (N-methyl/N-ethyl adjacent to an activating group) is 1. The highest BCUT2D eigenvalue weighted by Gasteiger charge is 2.73. The first kappa shape index (κ1) is 10.3. The number of benzene rings is 1. The van der Waals surface area contributed by atoms with Gasteiger partial charge in [0.05, 0.1) is 10.8 Å². The second-order valence-corrected chi connectivity index (χ2v) is 5.84. The maximum atomic E-state index is 12.7. The molecule has 4 rings (SSSR count). The van der Waals surface area contributed by atoms with Crippen molar-refractivity contribution in [3.05, 3.63) is 35.4 Å². The van der Waals surface area contributed by atoms with Crippen LogP contribution in [-0.4, -0.2) is 23.8 Å². The summed E-state index contributed by atoms with van der Waals surface area (Å²) in [5.74, 6) is 0.0659. The van der Waals surface area contributed by atoms with E-state index in [0.717, 1.165) is 31.2 Å². The maximum absolute atomic E-state index is 12.7. The van der Waals surface area contributed by atoms with Gasteiger partial charge in [-0.1, -0.05) is 30.7 Å². The van der Waals surface area contributed by atoms with Gasteiger partial charge in [-0.25, -0.2) is 0 Å². The SMILES string of the molecule is CN1C(=O)C23CCCC2(C1=O)c1ccccc1C3. The second-order valence-electron chi connectivity index (χ2n) is 5.84. The summed E-state index contributed by atoms with van der Waals surface area (Å²) in [6, 6.07) is 8.11. The van der Waals surface area contributed by atoms with Gasteiger partial charge in [-0.05, 0) is 30.4 Å². The van der Waals surface area contributed by atoms with Crippen LogP contribution in [0.25, 0.3) is 0 Å². The first-order valence-electron chi connectivity index (χ1n) is 6.54. The third-order valence-electron chi connectivity index (χ3n) is 5.33. The summed E-state index contributed by atoms with van der Waals surface area (Å²) < 4.78 is 0. The van der Waals surface area contributed by atoms with Gasteiger partial charge in [-0.3, -0.25) is 14.5 Å². The minimum atomic E-state index is -0.532. The van der Waals surface area contributed by atoms with Gasteiger partial charge in [0.2, 0.25) is 11.8 Å². The van der Waals surface area contributed by atoms with Gasteiger partial charge in [-0.15, -0.1) is 0 Å². The zero-order valence-electron chi connectivity index (χ0n) is 10.4. The summed E-state index contributed by atoms with van der Waals surface area (Å²) in [5.41, 5.74) is 1.33. The van der Waals surface area contributed by atoms with Crippen LogP contribution in [0.4, 0.5) is 0 Å². The Balaban J connectivity index is 2.07. The van der Waals surface area contributed by atoms with Crippen molar-refractivity contribution in [1.29, 1.82) is 0 Å². The molecule has 1 aromatic rings. The fourth-order valence-electron chi connectivity index (χ4n) is 4.65. The molecule has 0 bridgehead atoms. The van der Waals surface area contributed by atoms with Crippen LogP contribution in [0.5, 0.6) is 0 Å². The molecule has 3 nitrogen and oxygen atoms in total. The average Bonchev–Trinajstić information content (AvgIpc) is 2.92. The standard InChI is InChI=1S/C15H15NO2/c1-16-12(17)14-7-4-8-15(14,13(16)18)11-6-3-2-5-10(11)9-14/h2-3,5-6H,4,7-9H2,1H3. The van der Waals surface area contributed by atoms with Crippen molar-refractivity contribution in [1.82, 2.24) is 4.90 Å². The van der Waals surface area contributed by atoms with E-state index in [2.05, 4.69) is 6.07 Å². The van der Waals surface area contributed by atoms with Crippen LogP contribution >= 0.6 is 0 Å². The van der Waals surface area contributed by atoms with Gasteiger partial charge in [-0.2, -0.15) is 0 Å². The van der Waals surface area contributed by atoms with Crippen LogP contribution in [-0.2, 0) is 21.4 Å². The van der Waals surface area contributed by atoms with E-state index >= 15 is 0 Å². The predicted octanol–water partition coefficient (Wildman–Crippen LogP) is 1.65. The van der Waals surface area contributed by atoms with E-state index < -0.39 is 10.8 Å². The lowest BCUT2D eigenvalue weighted by Gasteiger charge is -2.29. The van der Waals surface area contributed by atoms with Gasteiger partial charge in [0, 0.05) is 7.05 Å². The Morgan fingerprint density at radius 3 is 2.72 bits per heavy atom. The summed E-state index contributed by atoms with van der Waals surface area (Å²) in [5, 5.41) is 0. The van der Waals surface area contributed by atoms with Gasteiger partial charge in [0.15, 0.2) is 0 Å². The number of rotatable bonds is 0. The minimum Gasteiger partial charge on any atom is -0.284 e. The molecule has 92 valence electrons. The van der Waals surface area contributed by atoms with Crippen LogP contribution in [0.3, 0.4) is 0 Å². The van der Waals surface area contributed by atoms with Crippen LogP contribution in [0.15, 0.2) is 24.3 Å². The van der Waals surface area contributed by atoms with E-state index in [1.807, 2.05) is 18.2 Å². The van der Waals surface area contributed by atoms with E-state index in [9.17, 15) is 9.59 Å². The fourth-order valence-corrected chi connectivity index (χ4v) is 4.65. The second kappa shape index (κ2) is 2.85. The van der Waals surface area contributed by atoms with Crippen molar-refractivity contribution in [2.24, 2.45) is 5.41 Å². The molecule has 0 spiro atoms. The highest BCUT2D eigenvalue weighted by Crippen LogP contribution is 2.65. The molecular formula is C15H15NO2. The lowest BCUT2D eigenvalue weighted by atomic mass is 9.68. The Kier molecular flexibility index (Phi) is 1.63. The molecule has 3 heteroatoms. The van der Waals surface area contributed by atoms with Gasteiger partial charge in [0.25, 0.3) is 0 Å². The lowest BCUT2D eigenvalue weighted by molar-refractivity contribution is -0.140. The third kappa shape index (κ3) is 0.779. The number of imide groups is 1. The van der Waals surface area contributed by atoms with E-state index in [0.29, 0.717) is 0 Å². The largest absolute Gasteiger partial charge is 0.284 e. The number of nitrogens with zero attached hydrogens (tertiary/aromatic N) is 1. The first-order chi connectivity index (χ1) is 8.63. The van der Waals surface area contributed by atoms with Gasteiger partial charge in [0.1, 0.15) is 0 Å². The molecule has 1 aromatic carbocycles. The third-order valence-corrected chi connectivity index (χ3v) is 5.33. The van der Waals surface area contributed by atoms with Crippen LogP contribution in [0.2, 0.25) is 0 Å². The molecule has 2 atom stereocenters. The molecule has 2 amide bonds. The number of fused-ring (bicyclic) bond motifs is 1. The van der Waals surface area contributed by atoms with Crippen molar-refractivity contribution in [2.45, 2.75) is 31.1 Å². The number of hydrogen-bond acceptors (Lipinski definition) is 2. The van der Waals surface area contributed by atoms with Crippen molar-refractivity contribution in [2.75, 3.05) is 7.05 Å². The molecule has 1 saturated heterocycles. The zero-order valence-corrected chi connectivity index (χ0v) is 10.4. The molecule has 18 heavy (non-hydrogen) atoms. The molecule has 2 aliphatic carbocycles. The van der Waals surface area contributed by atoms with Crippen molar-refractivity contribution in [3.8, 4) is 0 Å². The van der Waals surface area contributed by atoms with Gasteiger partial charge < -0.3 is 0 Å². The maximum Gasteiger partial charge on any atom is 0.240 e. The number of carbonyl (C=O) groups excluding carboxylic acids is 2. The number of amides is 2. The number of hydrogen-bond donors (Lipinski definition) is 0. The fraction of sp³-hybridized carbons (Fsp3) is 0.467. The molecule has 1 heterocycles. The summed E-state index contributed by atoms with van der Waals surface area (Å²) >= 11 is 0. The molecule has 0 radical (unpaired) electrons. The Labute approximate surface area is 106 Å². The molecule has 0 aromatic heterocycles. The number of likely N-dealkylation sites (tertiary alicyclic amines) is 1. The topological polar surface area (TPSA) is 37.4 Å². The van der Waals surface area contributed by atoms with Crippen molar-refractivity contribution in [3.63, 3.8) is 0 Å². The molecule has 2 unspecified atom stereocenters. The molecule has 1 aliphatic heterocycles. The Morgan fingerprint density at radius 1 is 1.11 bits per heavy atom. The average molecular weight is 241 g/mol. The molecular weight excluding hydrogens is 226 g/mol. The Morgan fingerprint density at radius 2 is 1.89 bits per heavy atom. The van der Waals surface area contributed by atoms with Gasteiger partial charge >= 0.3 is 0 Å². The summed E-state index contributed by atoms with van der Waals surface area (Å²) in [6.07, 6.45) is 3.42. The lowest BCUT2D eigenvalue weighted by Crippen LogP contribution is -2.40. The molecule has 2 fully saturated rings. The molecule has 1 saturated carbocycles. The molecule has 0 N–H and O–H groups in total. The Bertz CT molecular complexity index is 594. The van der Waals surface area contributed by atoms with E-state index in [1.165, 1.54) is 10.5 Å². The van der Waals surface area contributed by atoms with Crippen LogP contribution < -0.4 is 0 Å². The summed E-state index contributed by atoms with van der Waals surface area (Å²) in [4.78, 5) is 26.6. The highest BCUT2D eigenvalue weighted by atomic mass is 16.2. The summed E-state index contributed by atoms with van der Waals surface area (Å²) in [7, 11) is 1.64. The predicted molar refractivity (Wildman–Crippen MR) is 65.9 cm³/mol. The number of carbonyl (C=O) groups is 2. The summed E-state index contributed by atoms with van der Waals surface area (Å²) in [6.45, 7) is 0. The quantitative estimate of drug-likeness (QED) is 0.648. The highest BCUT2D eigenvalue weighted by molar-refractivity contribution is 6.14. The van der Waals surface area contributed by atoms with Crippen molar-refractivity contribution < 1.29 is 9.59 Å². The van der Waals surface area contributed by atoms with Crippen LogP contribution in [0, 0.1) is 5.41 Å². The van der Waals surface area contributed by atoms with E-state index in [-0.39, 0.29) is 11.8 Å². The van der Waals surface area contributed by atoms with Crippen molar-refractivity contribution >= 4 is 11.8 Å². The zero-order chi connectivity index (χ0) is 12.5. The normalized spacial score (nSPS) is 36.8. The molecule has 3 aliphatic rings. The van der Waals surface area contributed by atoms with Crippen LogP contribution in [0.1, 0.15) is 30.4 Å². The first-order valence-corrected chi connectivity index (χ1v) is 6.54.